The molecule has 3 aromatic rings. The number of sulfone groups is 1. The first-order valence-electron chi connectivity index (χ1n) is 9.07. The highest BCUT2D eigenvalue weighted by Crippen LogP contribution is 2.31. The molecule has 2 aromatic carbocycles. The molecule has 0 aliphatic carbocycles. The maximum Gasteiger partial charge on any atom is 0.260 e. The molecule has 0 atom stereocenters. The van der Waals surface area contributed by atoms with Gasteiger partial charge in [-0.1, -0.05) is 24.3 Å². The monoisotopic (exact) mass is 471 g/mol. The number of fused-ring (bicyclic) bond motifs is 1. The van der Waals surface area contributed by atoms with Crippen molar-refractivity contribution in [3.05, 3.63) is 53.8 Å². The van der Waals surface area contributed by atoms with Crippen molar-refractivity contribution in [2.75, 3.05) is 37.8 Å². The number of benzene rings is 2. The molecule has 0 radical (unpaired) electrons. The van der Waals surface area contributed by atoms with Gasteiger partial charge >= 0.3 is 0 Å². The fourth-order valence-corrected chi connectivity index (χ4v) is 4.62. The largest absolute Gasteiger partial charge is 0.308 e. The summed E-state index contributed by atoms with van der Waals surface area (Å²) in [6, 6.07) is 10.6. The maximum atomic E-state index is 14.1. The zero-order valence-electron chi connectivity index (χ0n) is 16.8. The predicted molar refractivity (Wildman–Crippen MR) is 121 cm³/mol. The molecular formula is C20H23ClFN3O3S2. The fourth-order valence-electron chi connectivity index (χ4n) is 2.73. The van der Waals surface area contributed by atoms with Crippen LogP contribution in [0.25, 0.3) is 10.2 Å². The lowest BCUT2D eigenvalue weighted by molar-refractivity contribution is 0.0985. The molecule has 162 valence electrons. The number of nitrogens with zero attached hydrogens (tertiary/aromatic N) is 3. The summed E-state index contributed by atoms with van der Waals surface area (Å²) in [5, 5.41) is 0.405. The third-order valence-electron chi connectivity index (χ3n) is 4.45. The van der Waals surface area contributed by atoms with Crippen molar-refractivity contribution in [3.63, 3.8) is 0 Å². The van der Waals surface area contributed by atoms with Crippen LogP contribution in [0.5, 0.6) is 0 Å². The Morgan fingerprint density at radius 3 is 2.33 bits per heavy atom. The first-order valence-corrected chi connectivity index (χ1v) is 11.5. The number of hydrogen-bond donors (Lipinski definition) is 0. The van der Waals surface area contributed by atoms with Gasteiger partial charge in [-0.25, -0.2) is 17.8 Å². The van der Waals surface area contributed by atoms with Crippen LogP contribution in [-0.2, 0) is 9.84 Å². The fraction of sp³-hybridized carbons (Fsp3) is 0.300. The number of amides is 1. The Balaban J connectivity index is 0.00000320. The third-order valence-corrected chi connectivity index (χ3v) is 7.24. The van der Waals surface area contributed by atoms with E-state index >= 15 is 0 Å². The van der Waals surface area contributed by atoms with Crippen molar-refractivity contribution in [1.82, 2.24) is 9.88 Å². The van der Waals surface area contributed by atoms with Crippen molar-refractivity contribution in [3.8, 4) is 0 Å². The second kappa shape index (κ2) is 9.82. The number of carbonyl (C=O) groups is 1. The molecular weight excluding hydrogens is 449 g/mol. The van der Waals surface area contributed by atoms with Gasteiger partial charge < -0.3 is 4.90 Å². The number of thiazole rings is 1. The predicted octanol–water partition coefficient (Wildman–Crippen LogP) is 3.86. The van der Waals surface area contributed by atoms with Crippen molar-refractivity contribution < 1.29 is 17.6 Å². The standard InChI is InChI=1S/C20H22FN3O3S2.ClH/c1-4-29(26,27)15-10-8-14(9-11-15)19(25)24(13-12-23(2)3)20-22-18-16(21)6-5-7-17(18)28-20;/h5-11H,4,12-13H2,1-3H3;1H. The topological polar surface area (TPSA) is 70.6 Å². The molecule has 1 heterocycles. The van der Waals surface area contributed by atoms with Gasteiger partial charge in [-0.15, -0.1) is 12.4 Å². The SMILES string of the molecule is CCS(=O)(=O)c1ccc(C(=O)N(CCN(C)C)c2nc3c(F)cccc3s2)cc1.Cl. The first kappa shape index (κ1) is 24.2. The van der Waals surface area contributed by atoms with Crippen molar-refractivity contribution in [2.45, 2.75) is 11.8 Å². The van der Waals surface area contributed by atoms with Crippen LogP contribution >= 0.6 is 23.7 Å². The van der Waals surface area contributed by atoms with E-state index in [0.29, 0.717) is 28.5 Å². The number of hydrogen-bond acceptors (Lipinski definition) is 6. The van der Waals surface area contributed by atoms with Crippen molar-refractivity contribution in [2.24, 2.45) is 0 Å². The highest BCUT2D eigenvalue weighted by molar-refractivity contribution is 7.91. The lowest BCUT2D eigenvalue weighted by Gasteiger charge is -2.22. The van der Waals surface area contributed by atoms with Gasteiger partial charge in [-0.05, 0) is 50.5 Å². The molecule has 0 saturated heterocycles. The van der Waals surface area contributed by atoms with Crippen molar-refractivity contribution in [1.29, 1.82) is 0 Å². The van der Waals surface area contributed by atoms with Crippen LogP contribution in [-0.4, -0.2) is 57.1 Å². The molecule has 0 spiro atoms. The lowest BCUT2D eigenvalue weighted by atomic mass is 10.2. The average molecular weight is 472 g/mol. The van der Waals surface area contributed by atoms with Gasteiger partial charge in [0.05, 0.1) is 15.3 Å². The van der Waals surface area contributed by atoms with E-state index in [4.69, 9.17) is 0 Å². The molecule has 1 amide bonds. The van der Waals surface area contributed by atoms with Crippen LogP contribution < -0.4 is 4.90 Å². The minimum Gasteiger partial charge on any atom is -0.308 e. The summed E-state index contributed by atoms with van der Waals surface area (Å²) in [4.78, 5) is 21.1. The van der Waals surface area contributed by atoms with Gasteiger partial charge in [0.15, 0.2) is 15.0 Å². The van der Waals surface area contributed by atoms with Gasteiger partial charge in [-0.2, -0.15) is 0 Å². The molecule has 0 aliphatic rings. The van der Waals surface area contributed by atoms with Crippen molar-refractivity contribution >= 4 is 54.8 Å². The Kier molecular flexibility index (Phi) is 7.93. The summed E-state index contributed by atoms with van der Waals surface area (Å²) < 4.78 is 38.7. The van der Waals surface area contributed by atoms with E-state index in [1.807, 2.05) is 19.0 Å². The zero-order chi connectivity index (χ0) is 21.2. The Hall–Kier alpha value is -2.07. The molecule has 0 aliphatic heterocycles. The highest BCUT2D eigenvalue weighted by Gasteiger charge is 2.23. The second-order valence-electron chi connectivity index (χ2n) is 6.77. The quantitative estimate of drug-likeness (QED) is 0.523. The molecule has 0 fully saturated rings. The van der Waals surface area contributed by atoms with Crippen LogP contribution in [0, 0.1) is 5.82 Å². The average Bonchev–Trinajstić information content (AvgIpc) is 3.13. The Morgan fingerprint density at radius 2 is 1.77 bits per heavy atom. The molecule has 0 saturated carbocycles. The van der Waals surface area contributed by atoms with Gasteiger partial charge in [0.25, 0.3) is 5.91 Å². The minimum absolute atomic E-state index is 0. The number of aromatic nitrogens is 1. The Bertz CT molecular complexity index is 1130. The zero-order valence-corrected chi connectivity index (χ0v) is 19.3. The number of halogens is 2. The second-order valence-corrected chi connectivity index (χ2v) is 10.1. The normalized spacial score (nSPS) is 11.5. The molecule has 30 heavy (non-hydrogen) atoms. The van der Waals surface area contributed by atoms with Crippen LogP contribution in [0.15, 0.2) is 47.4 Å². The lowest BCUT2D eigenvalue weighted by Crippen LogP contribution is -2.36. The molecule has 0 bridgehead atoms. The Labute approximate surface area is 185 Å². The molecule has 0 unspecified atom stereocenters. The summed E-state index contributed by atoms with van der Waals surface area (Å²) in [6.45, 7) is 2.53. The summed E-state index contributed by atoms with van der Waals surface area (Å²) >= 11 is 1.24. The number of likely N-dealkylation sites (N-methyl/N-ethyl adjacent to an activating group) is 1. The molecule has 0 N–H and O–H groups in total. The third kappa shape index (κ3) is 5.15. The van der Waals surface area contributed by atoms with E-state index in [0.717, 1.165) is 0 Å². The summed E-state index contributed by atoms with van der Waals surface area (Å²) in [6.07, 6.45) is 0. The number of anilines is 1. The summed E-state index contributed by atoms with van der Waals surface area (Å²) in [5.74, 6) is -0.752. The smallest absolute Gasteiger partial charge is 0.260 e. The van der Waals surface area contributed by atoms with Crippen LogP contribution in [0.1, 0.15) is 17.3 Å². The molecule has 3 rings (SSSR count). The first-order chi connectivity index (χ1) is 13.7. The van der Waals surface area contributed by atoms with Crippen LogP contribution in [0.4, 0.5) is 9.52 Å². The summed E-state index contributed by atoms with van der Waals surface area (Å²) in [5.41, 5.74) is 0.582. The van der Waals surface area contributed by atoms with Gasteiger partial charge in [0.1, 0.15) is 11.3 Å². The summed E-state index contributed by atoms with van der Waals surface area (Å²) in [7, 11) is 0.448. The van der Waals surface area contributed by atoms with E-state index in [-0.39, 0.29) is 34.5 Å². The van der Waals surface area contributed by atoms with Gasteiger partial charge in [0, 0.05) is 18.7 Å². The highest BCUT2D eigenvalue weighted by atomic mass is 35.5. The number of rotatable bonds is 7. The number of carbonyl (C=O) groups excluding carboxylic acids is 1. The van der Waals surface area contributed by atoms with E-state index in [1.54, 1.807) is 19.1 Å². The van der Waals surface area contributed by atoms with E-state index in [2.05, 4.69) is 4.98 Å². The van der Waals surface area contributed by atoms with E-state index in [9.17, 15) is 17.6 Å². The van der Waals surface area contributed by atoms with E-state index < -0.39 is 15.7 Å². The van der Waals surface area contributed by atoms with Gasteiger partial charge in [0.2, 0.25) is 0 Å². The maximum absolute atomic E-state index is 14.1. The van der Waals surface area contributed by atoms with Crippen LogP contribution in [0.3, 0.4) is 0 Å². The molecule has 1 aromatic heterocycles. The Morgan fingerprint density at radius 1 is 1.10 bits per heavy atom. The van der Waals surface area contributed by atoms with E-state index in [1.165, 1.54) is 46.6 Å². The van der Waals surface area contributed by atoms with Gasteiger partial charge in [-0.3, -0.25) is 9.69 Å². The molecule has 6 nitrogen and oxygen atoms in total. The minimum atomic E-state index is -3.34. The van der Waals surface area contributed by atoms with Crippen LogP contribution in [0.2, 0.25) is 0 Å². The number of para-hydroxylation sites is 1. The molecule has 10 heteroatoms.